The zero-order valence-electron chi connectivity index (χ0n) is 7.35. The van der Waals surface area contributed by atoms with Crippen LogP contribution in [0.25, 0.3) is 0 Å². The van der Waals surface area contributed by atoms with Crippen molar-refractivity contribution in [3.8, 4) is 0 Å². The minimum absolute atomic E-state index is 0.0793. The summed E-state index contributed by atoms with van der Waals surface area (Å²) in [6.07, 6.45) is 0. The second-order valence-electron chi connectivity index (χ2n) is 2.91. The summed E-state index contributed by atoms with van der Waals surface area (Å²) in [5.74, 6) is -0.269. The molecule has 1 rings (SSSR count). The van der Waals surface area contributed by atoms with Gasteiger partial charge in [-0.15, -0.1) is 0 Å². The Labute approximate surface area is 85.4 Å². The van der Waals surface area contributed by atoms with Gasteiger partial charge in [0, 0.05) is 17.1 Å². The predicted octanol–water partition coefficient (Wildman–Crippen LogP) is 2.35. The second kappa shape index (κ2) is 4.58. The molecule has 1 unspecified atom stereocenters. The van der Waals surface area contributed by atoms with Crippen molar-refractivity contribution < 1.29 is 4.39 Å². The zero-order chi connectivity index (χ0) is 9.84. The fraction of sp³-hybridized carbons (Fsp3) is 0.333. The number of nitrogens with two attached hydrogens (primary N) is 1. The van der Waals surface area contributed by atoms with Crippen LogP contribution in [0, 0.1) is 5.82 Å². The van der Waals surface area contributed by atoms with Crippen molar-refractivity contribution >= 4 is 21.6 Å². The Hall–Kier alpha value is -0.610. The molecule has 0 fully saturated rings. The standard InChI is InChI=1S/C9H12BrFN2/c1-6(5-12)13-9-3-2-7(10)4-8(9)11/h2-4,6,13H,5,12H2,1H3. The maximum Gasteiger partial charge on any atom is 0.147 e. The summed E-state index contributed by atoms with van der Waals surface area (Å²) in [5.41, 5.74) is 5.89. The maximum absolute atomic E-state index is 13.2. The van der Waals surface area contributed by atoms with Gasteiger partial charge in [0.05, 0.1) is 5.69 Å². The number of nitrogens with one attached hydrogen (secondary N) is 1. The predicted molar refractivity (Wildman–Crippen MR) is 56.2 cm³/mol. The lowest BCUT2D eigenvalue weighted by molar-refractivity contribution is 0.625. The average Bonchev–Trinajstić information content (AvgIpc) is 2.09. The molecule has 1 aromatic carbocycles. The van der Waals surface area contributed by atoms with Crippen molar-refractivity contribution in [1.29, 1.82) is 0 Å². The highest BCUT2D eigenvalue weighted by molar-refractivity contribution is 9.10. The minimum atomic E-state index is -0.269. The van der Waals surface area contributed by atoms with Crippen LogP contribution < -0.4 is 11.1 Å². The highest BCUT2D eigenvalue weighted by Crippen LogP contribution is 2.19. The van der Waals surface area contributed by atoms with E-state index in [-0.39, 0.29) is 11.9 Å². The monoisotopic (exact) mass is 246 g/mol. The van der Waals surface area contributed by atoms with E-state index in [1.807, 2.05) is 6.92 Å². The minimum Gasteiger partial charge on any atom is -0.379 e. The number of hydrogen-bond donors (Lipinski definition) is 2. The van der Waals surface area contributed by atoms with Crippen LogP contribution in [0.4, 0.5) is 10.1 Å². The summed E-state index contributed by atoms with van der Waals surface area (Å²) >= 11 is 3.19. The molecule has 4 heteroatoms. The first-order valence-corrected chi connectivity index (χ1v) is 4.84. The molecule has 0 aliphatic rings. The number of halogens is 2. The van der Waals surface area contributed by atoms with Crippen LogP contribution in [0.5, 0.6) is 0 Å². The Balaban J connectivity index is 2.77. The van der Waals surface area contributed by atoms with Crippen molar-refractivity contribution in [3.05, 3.63) is 28.5 Å². The van der Waals surface area contributed by atoms with Crippen LogP contribution in [0.15, 0.2) is 22.7 Å². The third-order valence-corrected chi connectivity index (χ3v) is 2.18. The van der Waals surface area contributed by atoms with E-state index >= 15 is 0 Å². The van der Waals surface area contributed by atoms with E-state index in [0.29, 0.717) is 12.2 Å². The van der Waals surface area contributed by atoms with Gasteiger partial charge in [-0.3, -0.25) is 0 Å². The van der Waals surface area contributed by atoms with Crippen molar-refractivity contribution in [2.24, 2.45) is 5.73 Å². The van der Waals surface area contributed by atoms with Crippen LogP contribution in [0.1, 0.15) is 6.92 Å². The van der Waals surface area contributed by atoms with Crippen LogP contribution in [0.3, 0.4) is 0 Å². The number of anilines is 1. The molecule has 1 aromatic rings. The summed E-state index contributed by atoms with van der Waals surface area (Å²) in [4.78, 5) is 0. The van der Waals surface area contributed by atoms with Crippen molar-refractivity contribution in [3.63, 3.8) is 0 Å². The van der Waals surface area contributed by atoms with Crippen LogP contribution >= 0.6 is 15.9 Å². The molecule has 0 heterocycles. The zero-order valence-corrected chi connectivity index (χ0v) is 8.94. The van der Waals surface area contributed by atoms with Gasteiger partial charge in [0.1, 0.15) is 5.82 Å². The summed E-state index contributed by atoms with van der Waals surface area (Å²) in [6, 6.07) is 4.97. The Morgan fingerprint density at radius 3 is 2.85 bits per heavy atom. The van der Waals surface area contributed by atoms with Crippen molar-refractivity contribution in [2.45, 2.75) is 13.0 Å². The SMILES string of the molecule is CC(CN)Nc1ccc(Br)cc1F. The highest BCUT2D eigenvalue weighted by atomic mass is 79.9. The van der Waals surface area contributed by atoms with Gasteiger partial charge in [-0.2, -0.15) is 0 Å². The first kappa shape index (κ1) is 10.5. The lowest BCUT2D eigenvalue weighted by atomic mass is 10.2. The third-order valence-electron chi connectivity index (χ3n) is 1.69. The van der Waals surface area contributed by atoms with Gasteiger partial charge >= 0.3 is 0 Å². The van der Waals surface area contributed by atoms with Gasteiger partial charge in [-0.25, -0.2) is 4.39 Å². The van der Waals surface area contributed by atoms with Crippen LogP contribution in [-0.4, -0.2) is 12.6 Å². The topological polar surface area (TPSA) is 38.0 Å². The van der Waals surface area contributed by atoms with E-state index in [0.717, 1.165) is 4.47 Å². The molecule has 0 aliphatic carbocycles. The van der Waals surface area contributed by atoms with Gasteiger partial charge in [-0.05, 0) is 25.1 Å². The van der Waals surface area contributed by atoms with Crippen molar-refractivity contribution in [1.82, 2.24) is 0 Å². The van der Waals surface area contributed by atoms with Crippen LogP contribution in [-0.2, 0) is 0 Å². The molecule has 0 amide bonds. The number of benzene rings is 1. The van der Waals surface area contributed by atoms with E-state index < -0.39 is 0 Å². The average molecular weight is 247 g/mol. The summed E-state index contributed by atoms with van der Waals surface area (Å²) < 4.78 is 13.9. The van der Waals surface area contributed by atoms with E-state index in [1.54, 1.807) is 12.1 Å². The Morgan fingerprint density at radius 1 is 1.62 bits per heavy atom. The van der Waals surface area contributed by atoms with Crippen molar-refractivity contribution in [2.75, 3.05) is 11.9 Å². The molecule has 0 aromatic heterocycles. The third kappa shape index (κ3) is 2.97. The first-order valence-electron chi connectivity index (χ1n) is 4.05. The molecule has 0 aliphatic heterocycles. The van der Waals surface area contributed by atoms with E-state index in [1.165, 1.54) is 6.07 Å². The summed E-state index contributed by atoms with van der Waals surface area (Å²) in [7, 11) is 0. The Bertz CT molecular complexity index is 291. The molecular weight excluding hydrogens is 235 g/mol. The molecular formula is C9H12BrFN2. The van der Waals surface area contributed by atoms with Gasteiger partial charge in [0.25, 0.3) is 0 Å². The normalized spacial score (nSPS) is 12.6. The molecule has 0 spiro atoms. The van der Waals surface area contributed by atoms with Gasteiger partial charge in [0.15, 0.2) is 0 Å². The fourth-order valence-corrected chi connectivity index (χ4v) is 1.26. The molecule has 0 saturated heterocycles. The molecule has 72 valence electrons. The Morgan fingerprint density at radius 2 is 2.31 bits per heavy atom. The largest absolute Gasteiger partial charge is 0.379 e. The van der Waals surface area contributed by atoms with Gasteiger partial charge in [0.2, 0.25) is 0 Å². The molecule has 2 nitrogen and oxygen atoms in total. The maximum atomic E-state index is 13.2. The van der Waals surface area contributed by atoms with Gasteiger partial charge in [-0.1, -0.05) is 15.9 Å². The summed E-state index contributed by atoms with van der Waals surface area (Å²) in [5, 5.41) is 2.97. The van der Waals surface area contributed by atoms with Crippen LogP contribution in [0.2, 0.25) is 0 Å². The highest BCUT2D eigenvalue weighted by Gasteiger charge is 2.04. The number of hydrogen-bond acceptors (Lipinski definition) is 2. The fourth-order valence-electron chi connectivity index (χ4n) is 0.931. The van der Waals surface area contributed by atoms with Gasteiger partial charge < -0.3 is 11.1 Å². The van der Waals surface area contributed by atoms with E-state index in [2.05, 4.69) is 21.2 Å². The molecule has 0 radical (unpaired) electrons. The molecule has 0 bridgehead atoms. The summed E-state index contributed by atoms with van der Waals surface area (Å²) in [6.45, 7) is 2.39. The Kier molecular flexibility index (Phi) is 3.69. The quantitative estimate of drug-likeness (QED) is 0.860. The first-order chi connectivity index (χ1) is 6.13. The van der Waals surface area contributed by atoms with E-state index in [4.69, 9.17) is 5.73 Å². The molecule has 13 heavy (non-hydrogen) atoms. The lowest BCUT2D eigenvalue weighted by Gasteiger charge is -2.13. The van der Waals surface area contributed by atoms with E-state index in [9.17, 15) is 4.39 Å². The smallest absolute Gasteiger partial charge is 0.147 e. The molecule has 1 atom stereocenters. The lowest BCUT2D eigenvalue weighted by Crippen LogP contribution is -2.25. The second-order valence-corrected chi connectivity index (χ2v) is 3.82. The molecule has 3 N–H and O–H groups in total. The molecule has 0 saturated carbocycles. The number of rotatable bonds is 3.